The number of aromatic nitrogens is 4. The van der Waals surface area contributed by atoms with Crippen molar-refractivity contribution in [1.29, 1.82) is 0 Å². The van der Waals surface area contributed by atoms with Gasteiger partial charge in [-0.2, -0.15) is 0 Å². The first-order chi connectivity index (χ1) is 18.0. The summed E-state index contributed by atoms with van der Waals surface area (Å²) in [6, 6.07) is 18.5. The van der Waals surface area contributed by atoms with Gasteiger partial charge in [-0.25, -0.2) is 13.7 Å². The molecule has 1 amide bonds. The molecule has 0 bridgehead atoms. The topological polar surface area (TPSA) is 122 Å². The number of hydrogen-bond acceptors (Lipinski definition) is 8. The SMILES string of the molecule is O=C(Nc1ccc2c(c1)Nc1nccc(-c3cccnc3)c1S2)c1ccc(Cn2sc(=O)[nH]c2=O)cc1. The Morgan fingerprint density at radius 2 is 1.89 bits per heavy atom. The molecular weight excluding hydrogens is 508 g/mol. The second kappa shape index (κ2) is 9.52. The smallest absolute Gasteiger partial charge is 0.338 e. The first kappa shape index (κ1) is 23.0. The van der Waals surface area contributed by atoms with Crippen molar-refractivity contribution in [2.45, 2.75) is 16.3 Å². The van der Waals surface area contributed by atoms with Crippen molar-refractivity contribution in [2.75, 3.05) is 10.6 Å². The molecule has 0 spiro atoms. The lowest BCUT2D eigenvalue weighted by molar-refractivity contribution is 0.102. The minimum atomic E-state index is -0.442. The van der Waals surface area contributed by atoms with E-state index in [0.29, 0.717) is 11.3 Å². The number of aromatic amines is 1. The van der Waals surface area contributed by atoms with Crippen LogP contribution in [-0.4, -0.2) is 24.8 Å². The molecule has 0 aliphatic carbocycles. The van der Waals surface area contributed by atoms with Crippen LogP contribution in [0.3, 0.4) is 0 Å². The lowest BCUT2D eigenvalue weighted by atomic mass is 10.1. The number of rotatable bonds is 5. The number of benzene rings is 2. The van der Waals surface area contributed by atoms with E-state index in [1.54, 1.807) is 48.4 Å². The highest BCUT2D eigenvalue weighted by atomic mass is 32.2. The van der Waals surface area contributed by atoms with Crippen molar-refractivity contribution in [1.82, 2.24) is 18.9 Å². The molecule has 4 heterocycles. The van der Waals surface area contributed by atoms with Gasteiger partial charge < -0.3 is 10.6 Å². The number of nitrogens with zero attached hydrogens (tertiary/aromatic N) is 3. The molecule has 3 aromatic heterocycles. The van der Waals surface area contributed by atoms with E-state index >= 15 is 0 Å². The van der Waals surface area contributed by atoms with Gasteiger partial charge in [0.05, 0.1) is 17.1 Å². The summed E-state index contributed by atoms with van der Waals surface area (Å²) in [5, 5.41) is 6.32. The van der Waals surface area contributed by atoms with E-state index in [9.17, 15) is 14.4 Å². The Labute approximate surface area is 218 Å². The van der Waals surface area contributed by atoms with Crippen molar-refractivity contribution in [3.63, 3.8) is 0 Å². The van der Waals surface area contributed by atoms with Crippen LogP contribution in [0.2, 0.25) is 0 Å². The van der Waals surface area contributed by atoms with E-state index < -0.39 is 10.6 Å². The van der Waals surface area contributed by atoms with Gasteiger partial charge in [-0.05, 0) is 48.0 Å². The van der Waals surface area contributed by atoms with Crippen LogP contribution in [0.25, 0.3) is 11.1 Å². The van der Waals surface area contributed by atoms with Crippen molar-refractivity contribution >= 4 is 46.4 Å². The monoisotopic (exact) mass is 526 g/mol. The van der Waals surface area contributed by atoms with E-state index in [4.69, 9.17) is 0 Å². The number of pyridine rings is 2. The maximum atomic E-state index is 12.9. The average molecular weight is 527 g/mol. The van der Waals surface area contributed by atoms with Crippen molar-refractivity contribution < 1.29 is 4.79 Å². The van der Waals surface area contributed by atoms with E-state index in [1.807, 2.05) is 42.6 Å². The zero-order chi connectivity index (χ0) is 25.4. The molecular formula is C26H18N6O3S2. The molecule has 182 valence electrons. The highest BCUT2D eigenvalue weighted by Gasteiger charge is 2.21. The molecule has 0 saturated heterocycles. The minimum absolute atomic E-state index is 0.254. The second-order valence-electron chi connectivity index (χ2n) is 8.21. The Morgan fingerprint density at radius 1 is 1.03 bits per heavy atom. The third-order valence-electron chi connectivity index (χ3n) is 5.75. The minimum Gasteiger partial charge on any atom is -0.338 e. The summed E-state index contributed by atoms with van der Waals surface area (Å²) in [5.41, 5.74) is 4.42. The molecule has 0 fully saturated rings. The second-order valence-corrected chi connectivity index (χ2v) is 10.3. The number of amides is 1. The average Bonchev–Trinajstić information content (AvgIpc) is 3.24. The molecule has 1 aliphatic rings. The van der Waals surface area contributed by atoms with Gasteiger partial charge in [-0.1, -0.05) is 30.0 Å². The standard InChI is InChI=1S/C26H18N6O3S2/c33-24(16-5-3-15(4-6-16)14-32-25(34)31-26(35)37-32)29-18-7-8-21-20(12-18)30-23-22(36-21)19(9-11-28-23)17-2-1-10-27-13-17/h1-13H,14H2,(H,28,30)(H,29,33)(H,31,34,35). The number of nitrogens with one attached hydrogen (secondary N) is 3. The molecule has 5 aromatic rings. The van der Waals surface area contributed by atoms with Crippen LogP contribution in [0.1, 0.15) is 15.9 Å². The van der Waals surface area contributed by atoms with Gasteiger partial charge in [0.2, 0.25) is 0 Å². The normalized spacial score (nSPS) is 11.8. The van der Waals surface area contributed by atoms with Crippen LogP contribution < -0.4 is 21.2 Å². The maximum absolute atomic E-state index is 12.9. The van der Waals surface area contributed by atoms with Gasteiger partial charge in [0, 0.05) is 57.4 Å². The number of carbonyl (C=O) groups is 1. The number of hydrogen-bond donors (Lipinski definition) is 3. The highest BCUT2D eigenvalue weighted by Crippen LogP contribution is 2.47. The number of anilines is 3. The first-order valence-electron chi connectivity index (χ1n) is 11.2. The summed E-state index contributed by atoms with van der Waals surface area (Å²) in [6.07, 6.45) is 5.35. The van der Waals surface area contributed by atoms with Crippen LogP contribution in [0.15, 0.2) is 98.6 Å². The Kier molecular flexibility index (Phi) is 5.91. The molecule has 9 nitrogen and oxygen atoms in total. The predicted molar refractivity (Wildman–Crippen MR) is 144 cm³/mol. The lowest BCUT2D eigenvalue weighted by Gasteiger charge is -2.22. The highest BCUT2D eigenvalue weighted by molar-refractivity contribution is 8.00. The largest absolute Gasteiger partial charge is 0.338 e. The van der Waals surface area contributed by atoms with Gasteiger partial charge in [0.1, 0.15) is 5.82 Å². The fraction of sp³-hybridized carbons (Fsp3) is 0.0385. The lowest BCUT2D eigenvalue weighted by Crippen LogP contribution is -2.17. The van der Waals surface area contributed by atoms with Gasteiger partial charge >= 0.3 is 10.6 Å². The molecule has 0 saturated carbocycles. The summed E-state index contributed by atoms with van der Waals surface area (Å²) < 4.78 is 1.34. The third kappa shape index (κ3) is 4.69. The Hall–Kier alpha value is -4.48. The summed E-state index contributed by atoms with van der Waals surface area (Å²) in [4.78, 5) is 48.5. The van der Waals surface area contributed by atoms with Gasteiger partial charge in [0.25, 0.3) is 5.91 Å². The number of fused-ring (bicyclic) bond motifs is 2. The number of carbonyl (C=O) groups excluding carboxylic acids is 1. The molecule has 2 aromatic carbocycles. The third-order valence-corrected chi connectivity index (χ3v) is 7.73. The van der Waals surface area contributed by atoms with Crippen molar-refractivity contribution in [3.8, 4) is 11.1 Å². The summed E-state index contributed by atoms with van der Waals surface area (Å²) >= 11 is 2.45. The Balaban J connectivity index is 1.17. The van der Waals surface area contributed by atoms with Crippen molar-refractivity contribution in [2.24, 2.45) is 0 Å². The van der Waals surface area contributed by atoms with Gasteiger partial charge in [0.15, 0.2) is 0 Å². The molecule has 1 aliphatic heterocycles. The zero-order valence-electron chi connectivity index (χ0n) is 19.1. The molecule has 0 radical (unpaired) electrons. The molecule has 6 rings (SSSR count). The van der Waals surface area contributed by atoms with E-state index in [-0.39, 0.29) is 12.5 Å². The maximum Gasteiger partial charge on any atom is 0.338 e. The molecule has 0 atom stereocenters. The fourth-order valence-corrected chi connectivity index (χ4v) is 5.72. The van der Waals surface area contributed by atoms with Crippen molar-refractivity contribution in [3.05, 3.63) is 111 Å². The van der Waals surface area contributed by atoms with Crippen LogP contribution >= 0.6 is 23.3 Å². The van der Waals surface area contributed by atoms with Crippen LogP contribution in [-0.2, 0) is 6.54 Å². The molecule has 11 heteroatoms. The quantitative estimate of drug-likeness (QED) is 0.301. The Bertz CT molecular complexity index is 1740. The Morgan fingerprint density at radius 3 is 2.65 bits per heavy atom. The van der Waals surface area contributed by atoms with E-state index in [1.165, 1.54) is 3.96 Å². The number of H-pyrrole nitrogens is 1. The van der Waals surface area contributed by atoms with Crippen LogP contribution in [0, 0.1) is 0 Å². The van der Waals surface area contributed by atoms with E-state index in [2.05, 4.69) is 25.6 Å². The fourth-order valence-electron chi connectivity index (χ4n) is 3.97. The summed E-state index contributed by atoms with van der Waals surface area (Å²) in [6.45, 7) is 0.260. The predicted octanol–water partition coefficient (Wildman–Crippen LogP) is 4.56. The zero-order valence-corrected chi connectivity index (χ0v) is 20.7. The summed E-state index contributed by atoms with van der Waals surface area (Å²) in [7, 11) is 0. The summed E-state index contributed by atoms with van der Waals surface area (Å²) in [5.74, 6) is 0.500. The van der Waals surface area contributed by atoms with Gasteiger partial charge in [-0.15, -0.1) is 0 Å². The molecule has 3 N–H and O–H groups in total. The van der Waals surface area contributed by atoms with Crippen LogP contribution in [0.4, 0.5) is 17.2 Å². The van der Waals surface area contributed by atoms with Gasteiger partial charge in [-0.3, -0.25) is 19.6 Å². The molecule has 0 unspecified atom stereocenters. The molecule has 37 heavy (non-hydrogen) atoms. The van der Waals surface area contributed by atoms with E-state index in [0.717, 1.165) is 49.5 Å². The van der Waals surface area contributed by atoms with Crippen LogP contribution in [0.5, 0.6) is 0 Å². The first-order valence-corrected chi connectivity index (χ1v) is 12.8.